The number of carbonyl (C=O) groups is 2. The zero-order valence-electron chi connectivity index (χ0n) is 13.7. The SMILES string of the molecule is C[C@]12CC[C@H]3[C@@H](CCC4=CC(=O)CC[C@@]43CO)[C@@H]1C[C@@H](Br)C2=O. The van der Waals surface area contributed by atoms with Crippen LogP contribution in [0.2, 0.25) is 0 Å². The highest BCUT2D eigenvalue weighted by molar-refractivity contribution is 9.10. The van der Waals surface area contributed by atoms with Crippen molar-refractivity contribution in [3.63, 3.8) is 0 Å². The van der Waals surface area contributed by atoms with E-state index in [9.17, 15) is 14.7 Å². The predicted octanol–water partition coefficient (Wildman–Crippen LogP) is 3.43. The quantitative estimate of drug-likeness (QED) is 0.708. The van der Waals surface area contributed by atoms with Crippen LogP contribution in [0.15, 0.2) is 11.6 Å². The van der Waals surface area contributed by atoms with Crippen molar-refractivity contribution in [3.8, 4) is 0 Å². The molecular weight excluding hydrogens is 356 g/mol. The second-order valence-electron chi connectivity index (χ2n) is 8.39. The number of alkyl halides is 1. The number of Topliss-reactive ketones (excluding diaryl/α,β-unsaturated/α-hetero) is 1. The number of ketones is 2. The Morgan fingerprint density at radius 1 is 1.22 bits per heavy atom. The van der Waals surface area contributed by atoms with E-state index in [1.165, 1.54) is 5.57 Å². The van der Waals surface area contributed by atoms with Crippen LogP contribution in [-0.2, 0) is 9.59 Å². The first-order valence-corrected chi connectivity index (χ1v) is 9.87. The van der Waals surface area contributed by atoms with Crippen molar-refractivity contribution in [2.75, 3.05) is 6.61 Å². The fourth-order valence-electron chi connectivity index (χ4n) is 6.41. The number of aliphatic hydroxyl groups is 1. The van der Waals surface area contributed by atoms with Crippen molar-refractivity contribution >= 4 is 27.5 Å². The minimum atomic E-state index is -0.189. The Hall–Kier alpha value is -0.480. The van der Waals surface area contributed by atoms with Crippen LogP contribution in [0.5, 0.6) is 0 Å². The van der Waals surface area contributed by atoms with Gasteiger partial charge in [0.1, 0.15) is 0 Å². The number of hydrogen-bond donors (Lipinski definition) is 1. The van der Waals surface area contributed by atoms with Crippen molar-refractivity contribution in [1.82, 2.24) is 0 Å². The molecule has 126 valence electrons. The Labute approximate surface area is 146 Å². The molecule has 4 heteroatoms. The molecule has 0 radical (unpaired) electrons. The first-order valence-electron chi connectivity index (χ1n) is 8.95. The van der Waals surface area contributed by atoms with Crippen LogP contribution in [-0.4, -0.2) is 28.1 Å². The van der Waals surface area contributed by atoms with Gasteiger partial charge in [-0.15, -0.1) is 0 Å². The highest BCUT2D eigenvalue weighted by Gasteiger charge is 2.61. The van der Waals surface area contributed by atoms with Gasteiger partial charge in [0, 0.05) is 17.3 Å². The molecule has 0 aromatic heterocycles. The molecule has 3 fully saturated rings. The van der Waals surface area contributed by atoms with Crippen LogP contribution in [0.1, 0.15) is 51.9 Å². The average molecular weight is 381 g/mol. The number of rotatable bonds is 1. The molecule has 0 aromatic rings. The second-order valence-corrected chi connectivity index (χ2v) is 9.49. The molecule has 0 unspecified atom stereocenters. The van der Waals surface area contributed by atoms with Crippen molar-refractivity contribution < 1.29 is 14.7 Å². The normalized spacial score (nSPS) is 49.3. The highest BCUT2D eigenvalue weighted by Crippen LogP contribution is 2.64. The lowest BCUT2D eigenvalue weighted by molar-refractivity contribution is -0.133. The molecule has 4 aliphatic rings. The third-order valence-corrected chi connectivity index (χ3v) is 8.46. The van der Waals surface area contributed by atoms with Crippen LogP contribution in [0.25, 0.3) is 0 Å². The standard InChI is InChI=1S/C19H25BrO3/c1-18-6-5-14-13(15(18)9-16(20)17(18)23)3-2-11-8-12(22)4-7-19(11,14)10-21/h8,13-16,21H,2-7,9-10H2,1H3/t13-,14+,15+,16-,18+,19-/m1/s1. The second kappa shape index (κ2) is 5.26. The summed E-state index contributed by atoms with van der Waals surface area (Å²) in [5.41, 5.74) is 0.823. The van der Waals surface area contributed by atoms with E-state index < -0.39 is 0 Å². The van der Waals surface area contributed by atoms with Gasteiger partial charge in [-0.1, -0.05) is 28.4 Å². The molecule has 0 saturated heterocycles. The van der Waals surface area contributed by atoms with Crippen molar-refractivity contribution in [2.24, 2.45) is 28.6 Å². The molecule has 0 aromatic carbocycles. The first kappa shape index (κ1) is 16.0. The third-order valence-electron chi connectivity index (χ3n) is 7.67. The van der Waals surface area contributed by atoms with Gasteiger partial charge in [0.2, 0.25) is 0 Å². The summed E-state index contributed by atoms with van der Waals surface area (Å²) < 4.78 is 0. The summed E-state index contributed by atoms with van der Waals surface area (Å²) in [6.45, 7) is 2.32. The maximum Gasteiger partial charge on any atom is 0.155 e. The van der Waals surface area contributed by atoms with Gasteiger partial charge in [0.15, 0.2) is 11.6 Å². The minimum absolute atomic E-state index is 0.00574. The molecule has 6 atom stereocenters. The molecule has 0 amide bonds. The van der Waals surface area contributed by atoms with Crippen molar-refractivity contribution in [1.29, 1.82) is 0 Å². The van der Waals surface area contributed by atoms with Crippen molar-refractivity contribution in [3.05, 3.63) is 11.6 Å². The number of aliphatic hydroxyl groups excluding tert-OH is 1. The Balaban J connectivity index is 1.73. The van der Waals surface area contributed by atoms with Gasteiger partial charge < -0.3 is 5.11 Å². The summed E-state index contributed by atoms with van der Waals surface area (Å²) >= 11 is 3.60. The van der Waals surface area contributed by atoms with Crippen LogP contribution in [0, 0.1) is 28.6 Å². The Bertz CT molecular complexity index is 597. The van der Waals surface area contributed by atoms with Crippen molar-refractivity contribution in [2.45, 2.75) is 56.7 Å². The summed E-state index contributed by atoms with van der Waals surface area (Å²) in [5.74, 6) is 1.99. The van der Waals surface area contributed by atoms with Gasteiger partial charge in [0.25, 0.3) is 0 Å². The Kier molecular flexibility index (Phi) is 3.66. The van der Waals surface area contributed by atoms with Gasteiger partial charge in [-0.3, -0.25) is 9.59 Å². The zero-order chi connectivity index (χ0) is 16.4. The molecule has 0 aliphatic heterocycles. The summed E-state index contributed by atoms with van der Waals surface area (Å²) in [6.07, 6.45) is 8.06. The summed E-state index contributed by atoms with van der Waals surface area (Å²) in [6, 6.07) is 0. The molecule has 0 bridgehead atoms. The van der Waals surface area contributed by atoms with E-state index in [2.05, 4.69) is 22.9 Å². The van der Waals surface area contributed by atoms with Crippen LogP contribution >= 0.6 is 15.9 Å². The molecule has 0 spiro atoms. The van der Waals surface area contributed by atoms with E-state index in [0.717, 1.165) is 38.5 Å². The molecule has 3 nitrogen and oxygen atoms in total. The topological polar surface area (TPSA) is 54.4 Å². The largest absolute Gasteiger partial charge is 0.395 e. The number of carbonyl (C=O) groups excluding carboxylic acids is 2. The molecular formula is C19H25BrO3. The number of hydrogen-bond acceptors (Lipinski definition) is 3. The average Bonchev–Trinajstić information content (AvgIpc) is 2.78. The molecule has 4 rings (SSSR count). The van der Waals surface area contributed by atoms with Crippen LogP contribution in [0.3, 0.4) is 0 Å². The lowest BCUT2D eigenvalue weighted by Crippen LogP contribution is -2.53. The zero-order valence-corrected chi connectivity index (χ0v) is 15.3. The maximum atomic E-state index is 12.7. The van der Waals surface area contributed by atoms with E-state index in [1.807, 2.05) is 6.08 Å². The Morgan fingerprint density at radius 2 is 2.00 bits per heavy atom. The lowest BCUT2D eigenvalue weighted by Gasteiger charge is -2.57. The van der Waals surface area contributed by atoms with Gasteiger partial charge >= 0.3 is 0 Å². The van der Waals surface area contributed by atoms with Gasteiger partial charge in [-0.25, -0.2) is 0 Å². The molecule has 1 N–H and O–H groups in total. The molecule has 23 heavy (non-hydrogen) atoms. The lowest BCUT2D eigenvalue weighted by atomic mass is 9.47. The smallest absolute Gasteiger partial charge is 0.155 e. The number of halogens is 1. The fraction of sp³-hybridized carbons (Fsp3) is 0.789. The van der Waals surface area contributed by atoms with Gasteiger partial charge in [-0.05, 0) is 62.4 Å². The number of fused-ring (bicyclic) bond motifs is 5. The molecule has 4 aliphatic carbocycles. The van der Waals surface area contributed by atoms with E-state index in [4.69, 9.17) is 0 Å². The van der Waals surface area contributed by atoms with Crippen LogP contribution in [0.4, 0.5) is 0 Å². The molecule has 3 saturated carbocycles. The summed E-state index contributed by atoms with van der Waals surface area (Å²) in [4.78, 5) is 24.5. The van der Waals surface area contributed by atoms with Gasteiger partial charge in [0.05, 0.1) is 11.4 Å². The van der Waals surface area contributed by atoms with Gasteiger partial charge in [-0.2, -0.15) is 0 Å². The van der Waals surface area contributed by atoms with E-state index in [1.54, 1.807) is 0 Å². The minimum Gasteiger partial charge on any atom is -0.395 e. The highest BCUT2D eigenvalue weighted by atomic mass is 79.9. The third kappa shape index (κ3) is 2.03. The van der Waals surface area contributed by atoms with E-state index in [-0.39, 0.29) is 28.0 Å². The van der Waals surface area contributed by atoms with Crippen LogP contribution < -0.4 is 0 Å². The first-order chi connectivity index (χ1) is 10.9. The Morgan fingerprint density at radius 3 is 2.74 bits per heavy atom. The monoisotopic (exact) mass is 380 g/mol. The maximum absolute atomic E-state index is 12.7. The predicted molar refractivity (Wildman–Crippen MR) is 91.2 cm³/mol. The van der Waals surface area contributed by atoms with E-state index >= 15 is 0 Å². The summed E-state index contributed by atoms with van der Waals surface area (Å²) in [5, 5.41) is 10.3. The molecule has 0 heterocycles. The summed E-state index contributed by atoms with van der Waals surface area (Å²) in [7, 11) is 0. The van der Waals surface area contributed by atoms with E-state index in [0.29, 0.717) is 30.0 Å². The fourth-order valence-corrected chi connectivity index (χ4v) is 7.33.